The van der Waals surface area contributed by atoms with Crippen LogP contribution in [0.4, 0.5) is 0 Å². The molecule has 1 unspecified atom stereocenters. The number of nitrogens with zero attached hydrogens (tertiary/aromatic N) is 1. The number of fused-ring (bicyclic) bond motifs is 1. The summed E-state index contributed by atoms with van der Waals surface area (Å²) in [5, 5.41) is 9.73. The van der Waals surface area contributed by atoms with Crippen molar-refractivity contribution in [2.24, 2.45) is 5.73 Å². The minimum atomic E-state index is -0.317. The lowest BCUT2D eigenvalue weighted by atomic mass is 9.94. The Kier molecular flexibility index (Phi) is 4.74. The van der Waals surface area contributed by atoms with Crippen LogP contribution in [0.15, 0.2) is 29.8 Å². The maximum absolute atomic E-state index is 9.73. The van der Waals surface area contributed by atoms with Crippen LogP contribution in [0.25, 0.3) is 0 Å². The van der Waals surface area contributed by atoms with Gasteiger partial charge in [-0.15, -0.1) is 0 Å². The molecular formula is C18H28N2O. The molecule has 0 spiro atoms. The fourth-order valence-electron chi connectivity index (χ4n) is 3.07. The van der Waals surface area contributed by atoms with Crippen molar-refractivity contribution >= 4 is 0 Å². The molecule has 3 N–H and O–H groups in total. The SMILES string of the molecule is CC(C)=CCN(C)[C@@]1(N)CCC(C)c2cc(O)ccc2C1. The van der Waals surface area contributed by atoms with Crippen LogP contribution in [0, 0.1) is 0 Å². The number of hydrogen-bond donors (Lipinski definition) is 2. The van der Waals surface area contributed by atoms with E-state index in [0.717, 1.165) is 25.8 Å². The summed E-state index contributed by atoms with van der Waals surface area (Å²) in [4.78, 5) is 2.26. The number of aromatic hydroxyl groups is 1. The van der Waals surface area contributed by atoms with Crippen LogP contribution >= 0.6 is 0 Å². The molecule has 1 aliphatic carbocycles. The number of hydrogen-bond acceptors (Lipinski definition) is 3. The van der Waals surface area contributed by atoms with Crippen molar-refractivity contribution in [2.75, 3.05) is 13.6 Å². The van der Waals surface area contributed by atoms with E-state index in [-0.39, 0.29) is 5.66 Å². The van der Waals surface area contributed by atoms with E-state index >= 15 is 0 Å². The molecule has 0 saturated carbocycles. The molecule has 3 nitrogen and oxygen atoms in total. The van der Waals surface area contributed by atoms with Gasteiger partial charge >= 0.3 is 0 Å². The summed E-state index contributed by atoms with van der Waals surface area (Å²) >= 11 is 0. The number of rotatable bonds is 3. The van der Waals surface area contributed by atoms with Crippen LogP contribution in [0.3, 0.4) is 0 Å². The molecule has 2 rings (SSSR count). The van der Waals surface area contributed by atoms with Gasteiger partial charge in [0.05, 0.1) is 5.66 Å². The van der Waals surface area contributed by atoms with E-state index in [0.29, 0.717) is 11.7 Å². The van der Waals surface area contributed by atoms with Crippen molar-refractivity contribution in [1.82, 2.24) is 4.90 Å². The van der Waals surface area contributed by atoms with Crippen molar-refractivity contribution < 1.29 is 5.11 Å². The Morgan fingerprint density at radius 3 is 2.86 bits per heavy atom. The van der Waals surface area contributed by atoms with Gasteiger partial charge in [0, 0.05) is 13.0 Å². The number of benzene rings is 1. The van der Waals surface area contributed by atoms with E-state index in [2.05, 4.69) is 38.8 Å². The minimum absolute atomic E-state index is 0.317. The van der Waals surface area contributed by atoms with E-state index in [1.165, 1.54) is 16.7 Å². The highest BCUT2D eigenvalue weighted by atomic mass is 16.3. The van der Waals surface area contributed by atoms with Gasteiger partial charge in [-0.2, -0.15) is 0 Å². The zero-order chi connectivity index (χ0) is 15.6. The van der Waals surface area contributed by atoms with Gasteiger partial charge in [0.15, 0.2) is 0 Å². The van der Waals surface area contributed by atoms with Crippen LogP contribution < -0.4 is 5.73 Å². The molecule has 0 saturated heterocycles. The minimum Gasteiger partial charge on any atom is -0.508 e. The van der Waals surface area contributed by atoms with Crippen LogP contribution in [0.5, 0.6) is 5.75 Å². The van der Waals surface area contributed by atoms with Crippen LogP contribution in [-0.2, 0) is 6.42 Å². The molecule has 0 aromatic heterocycles. The molecule has 3 heteroatoms. The second-order valence-corrected chi connectivity index (χ2v) is 6.77. The van der Waals surface area contributed by atoms with E-state index in [1.54, 1.807) is 6.07 Å². The first-order valence-electron chi connectivity index (χ1n) is 7.77. The summed E-state index contributed by atoms with van der Waals surface area (Å²) in [5.41, 5.74) is 10.3. The van der Waals surface area contributed by atoms with Gasteiger partial charge in [0.25, 0.3) is 0 Å². The Labute approximate surface area is 128 Å². The molecular weight excluding hydrogens is 260 g/mol. The van der Waals surface area contributed by atoms with Crippen LogP contribution in [-0.4, -0.2) is 29.3 Å². The van der Waals surface area contributed by atoms with Gasteiger partial charge in [-0.05, 0) is 62.9 Å². The van der Waals surface area contributed by atoms with Crippen molar-refractivity contribution in [3.63, 3.8) is 0 Å². The standard InChI is InChI=1S/C18H28N2O/c1-13(2)8-10-20(4)18(19)9-7-14(3)17-11-16(21)6-5-15(17)12-18/h5-6,8,11,14,21H,7,9-10,12,19H2,1-4H3/t14?,18-/m0/s1. The van der Waals surface area contributed by atoms with Gasteiger partial charge in [-0.1, -0.05) is 24.6 Å². The summed E-state index contributed by atoms with van der Waals surface area (Å²) in [7, 11) is 2.11. The first-order valence-corrected chi connectivity index (χ1v) is 7.77. The van der Waals surface area contributed by atoms with Gasteiger partial charge < -0.3 is 10.8 Å². The first-order chi connectivity index (χ1) is 9.82. The Morgan fingerprint density at radius 2 is 2.19 bits per heavy atom. The lowest BCUT2D eigenvalue weighted by Gasteiger charge is -2.38. The summed E-state index contributed by atoms with van der Waals surface area (Å²) in [6.45, 7) is 7.33. The largest absolute Gasteiger partial charge is 0.508 e. The summed E-state index contributed by atoms with van der Waals surface area (Å²) < 4.78 is 0. The topological polar surface area (TPSA) is 49.5 Å². The fourth-order valence-corrected chi connectivity index (χ4v) is 3.07. The maximum atomic E-state index is 9.73. The highest BCUT2D eigenvalue weighted by Crippen LogP contribution is 2.36. The summed E-state index contributed by atoms with van der Waals surface area (Å²) in [5.74, 6) is 0.789. The number of phenols is 1. The predicted octanol–water partition coefficient (Wildman–Crippen LogP) is 3.39. The lowest BCUT2D eigenvalue weighted by Crippen LogP contribution is -2.55. The van der Waals surface area contributed by atoms with E-state index in [4.69, 9.17) is 5.73 Å². The molecule has 1 aromatic rings. The monoisotopic (exact) mass is 288 g/mol. The second kappa shape index (κ2) is 6.20. The molecule has 2 atom stereocenters. The van der Waals surface area contributed by atoms with Crippen LogP contribution in [0.2, 0.25) is 0 Å². The van der Waals surface area contributed by atoms with Gasteiger partial charge in [-0.3, -0.25) is 4.90 Å². The normalized spacial score (nSPS) is 25.3. The number of allylic oxidation sites excluding steroid dienone is 1. The number of nitrogens with two attached hydrogens (primary N) is 1. The zero-order valence-electron chi connectivity index (χ0n) is 13.7. The summed E-state index contributed by atoms with van der Waals surface area (Å²) in [6.07, 6.45) is 5.07. The Bertz CT molecular complexity index is 534. The lowest BCUT2D eigenvalue weighted by molar-refractivity contribution is 0.126. The maximum Gasteiger partial charge on any atom is 0.115 e. The fraction of sp³-hybridized carbons (Fsp3) is 0.556. The average Bonchev–Trinajstić information content (AvgIpc) is 2.55. The zero-order valence-corrected chi connectivity index (χ0v) is 13.7. The molecule has 0 amide bonds. The smallest absolute Gasteiger partial charge is 0.115 e. The van der Waals surface area contributed by atoms with Crippen molar-refractivity contribution in [2.45, 2.75) is 51.6 Å². The van der Waals surface area contributed by atoms with Gasteiger partial charge in [0.1, 0.15) is 5.75 Å². The van der Waals surface area contributed by atoms with Crippen LogP contribution in [0.1, 0.15) is 50.7 Å². The molecule has 0 bridgehead atoms. The van der Waals surface area contributed by atoms with Crippen molar-refractivity contribution in [3.05, 3.63) is 41.0 Å². The highest BCUT2D eigenvalue weighted by Gasteiger charge is 2.34. The van der Waals surface area contributed by atoms with Crippen molar-refractivity contribution in [1.29, 1.82) is 0 Å². The highest BCUT2D eigenvalue weighted by molar-refractivity contribution is 5.39. The van der Waals surface area contributed by atoms with Gasteiger partial charge in [0.2, 0.25) is 0 Å². The number of likely N-dealkylation sites (N-methyl/N-ethyl adjacent to an activating group) is 1. The molecule has 116 valence electrons. The van der Waals surface area contributed by atoms with E-state index < -0.39 is 0 Å². The molecule has 0 aliphatic heterocycles. The van der Waals surface area contributed by atoms with Gasteiger partial charge in [-0.25, -0.2) is 0 Å². The van der Waals surface area contributed by atoms with E-state index in [1.807, 2.05) is 12.1 Å². The Morgan fingerprint density at radius 1 is 1.48 bits per heavy atom. The average molecular weight is 288 g/mol. The molecule has 1 aromatic carbocycles. The molecule has 0 heterocycles. The van der Waals surface area contributed by atoms with E-state index in [9.17, 15) is 5.11 Å². The Hall–Kier alpha value is -1.32. The Balaban J connectivity index is 2.27. The molecule has 1 aliphatic rings. The third-order valence-electron chi connectivity index (χ3n) is 4.70. The number of phenolic OH excluding ortho intramolecular Hbond substituents is 1. The quantitative estimate of drug-likeness (QED) is 0.509. The van der Waals surface area contributed by atoms with Crippen molar-refractivity contribution in [3.8, 4) is 5.75 Å². The second-order valence-electron chi connectivity index (χ2n) is 6.77. The predicted molar refractivity (Wildman–Crippen MR) is 88.4 cm³/mol. The third kappa shape index (κ3) is 3.66. The third-order valence-corrected chi connectivity index (χ3v) is 4.70. The first kappa shape index (κ1) is 16.1. The molecule has 0 radical (unpaired) electrons. The summed E-state index contributed by atoms with van der Waals surface area (Å²) in [6, 6.07) is 5.71. The molecule has 21 heavy (non-hydrogen) atoms. The molecule has 0 fully saturated rings.